The molecule has 0 radical (unpaired) electrons. The molecular formula is C21H25FN2O4S. The molecule has 1 fully saturated rings. The number of hydrogen-bond donors (Lipinski definition) is 1. The maximum atomic E-state index is 13.7. The van der Waals surface area contributed by atoms with E-state index in [1.54, 1.807) is 30.3 Å². The van der Waals surface area contributed by atoms with Gasteiger partial charge in [0.05, 0.1) is 25.0 Å². The lowest BCUT2D eigenvalue weighted by Crippen LogP contribution is -2.43. The Balaban J connectivity index is 1.69. The first-order valence-corrected chi connectivity index (χ1v) is 11.5. The second-order valence-corrected chi connectivity index (χ2v) is 9.34. The minimum absolute atomic E-state index is 0.0619. The molecule has 1 unspecified atom stereocenters. The van der Waals surface area contributed by atoms with Crippen molar-refractivity contribution < 1.29 is 22.3 Å². The van der Waals surface area contributed by atoms with Gasteiger partial charge in [0, 0.05) is 31.5 Å². The van der Waals surface area contributed by atoms with Crippen LogP contribution in [0.2, 0.25) is 0 Å². The summed E-state index contributed by atoms with van der Waals surface area (Å²) in [4.78, 5) is 14.8. The standard InChI is InChI=1S/C21H25FN2O4S/c1-29(26,27)15-16-5-7-17(8-6-16)21(25)23-14-20(24-9-11-28-12-10-24)18-3-2-4-19(22)13-18/h2-8,13,20H,9-12,14-15H2,1H3,(H,23,25). The molecular weight excluding hydrogens is 395 g/mol. The molecule has 1 atom stereocenters. The fraction of sp³-hybridized carbons (Fsp3) is 0.381. The number of ether oxygens (including phenoxy) is 1. The molecule has 156 valence electrons. The Hall–Kier alpha value is -2.29. The highest BCUT2D eigenvalue weighted by molar-refractivity contribution is 7.89. The molecule has 2 aromatic carbocycles. The van der Waals surface area contributed by atoms with E-state index >= 15 is 0 Å². The summed E-state index contributed by atoms with van der Waals surface area (Å²) in [7, 11) is -3.13. The van der Waals surface area contributed by atoms with Gasteiger partial charge in [-0.3, -0.25) is 9.69 Å². The van der Waals surface area contributed by atoms with E-state index in [2.05, 4.69) is 10.2 Å². The minimum atomic E-state index is -3.13. The van der Waals surface area contributed by atoms with Gasteiger partial charge in [-0.15, -0.1) is 0 Å². The predicted molar refractivity (Wildman–Crippen MR) is 109 cm³/mol. The van der Waals surface area contributed by atoms with E-state index in [4.69, 9.17) is 4.74 Å². The number of carbonyl (C=O) groups is 1. The van der Waals surface area contributed by atoms with Crippen LogP contribution < -0.4 is 5.32 Å². The number of morpholine rings is 1. The van der Waals surface area contributed by atoms with Gasteiger partial charge in [0.15, 0.2) is 9.84 Å². The van der Waals surface area contributed by atoms with Crippen LogP contribution in [0.4, 0.5) is 4.39 Å². The third-order valence-electron chi connectivity index (χ3n) is 4.82. The van der Waals surface area contributed by atoms with Crippen LogP contribution in [0.3, 0.4) is 0 Å². The average Bonchev–Trinajstić information content (AvgIpc) is 2.68. The van der Waals surface area contributed by atoms with E-state index in [1.807, 2.05) is 6.07 Å². The zero-order valence-electron chi connectivity index (χ0n) is 16.3. The van der Waals surface area contributed by atoms with Crippen LogP contribution in [0.1, 0.15) is 27.5 Å². The quantitative estimate of drug-likeness (QED) is 0.743. The number of amides is 1. The summed E-state index contributed by atoms with van der Waals surface area (Å²) in [6, 6.07) is 12.8. The van der Waals surface area contributed by atoms with Crippen molar-refractivity contribution in [3.05, 3.63) is 71.0 Å². The highest BCUT2D eigenvalue weighted by atomic mass is 32.2. The molecule has 3 rings (SSSR count). The third kappa shape index (κ3) is 6.35. The number of halogens is 1. The van der Waals surface area contributed by atoms with Crippen LogP contribution in [-0.2, 0) is 20.3 Å². The van der Waals surface area contributed by atoms with Crippen molar-refractivity contribution in [1.29, 1.82) is 0 Å². The lowest BCUT2D eigenvalue weighted by atomic mass is 10.0. The molecule has 0 aliphatic carbocycles. The topological polar surface area (TPSA) is 75.7 Å². The van der Waals surface area contributed by atoms with Gasteiger partial charge in [0.25, 0.3) is 5.91 Å². The van der Waals surface area contributed by atoms with E-state index in [1.165, 1.54) is 18.4 Å². The van der Waals surface area contributed by atoms with Gasteiger partial charge < -0.3 is 10.1 Å². The monoisotopic (exact) mass is 420 g/mol. The number of rotatable bonds is 7. The van der Waals surface area contributed by atoms with Crippen LogP contribution in [0, 0.1) is 5.82 Å². The first-order valence-electron chi connectivity index (χ1n) is 9.44. The van der Waals surface area contributed by atoms with Crippen molar-refractivity contribution in [2.24, 2.45) is 0 Å². The second kappa shape index (κ2) is 9.47. The van der Waals surface area contributed by atoms with Crippen LogP contribution in [0.5, 0.6) is 0 Å². The Kier molecular flexibility index (Phi) is 7.00. The summed E-state index contributed by atoms with van der Waals surface area (Å²) in [6.07, 6.45) is 1.17. The van der Waals surface area contributed by atoms with Crippen molar-refractivity contribution in [2.45, 2.75) is 11.8 Å². The van der Waals surface area contributed by atoms with E-state index in [0.29, 0.717) is 44.0 Å². The molecule has 1 aliphatic rings. The molecule has 6 nitrogen and oxygen atoms in total. The van der Waals surface area contributed by atoms with Gasteiger partial charge in [-0.1, -0.05) is 24.3 Å². The number of hydrogen-bond acceptors (Lipinski definition) is 5. The highest BCUT2D eigenvalue weighted by Crippen LogP contribution is 2.22. The second-order valence-electron chi connectivity index (χ2n) is 7.20. The van der Waals surface area contributed by atoms with Gasteiger partial charge in [-0.05, 0) is 35.4 Å². The predicted octanol–water partition coefficient (Wildman–Crippen LogP) is 2.17. The van der Waals surface area contributed by atoms with Crippen molar-refractivity contribution in [3.63, 3.8) is 0 Å². The number of sulfone groups is 1. The fourth-order valence-corrected chi connectivity index (χ4v) is 4.21. The lowest BCUT2D eigenvalue weighted by Gasteiger charge is -2.35. The zero-order chi connectivity index (χ0) is 20.9. The Bertz CT molecular complexity index is 941. The number of benzene rings is 2. The summed E-state index contributed by atoms with van der Waals surface area (Å²) in [5, 5.41) is 2.92. The SMILES string of the molecule is CS(=O)(=O)Cc1ccc(C(=O)NCC(c2cccc(F)c2)N2CCOCC2)cc1. The molecule has 2 aromatic rings. The number of carbonyl (C=O) groups excluding carboxylic acids is 1. The number of nitrogens with zero attached hydrogens (tertiary/aromatic N) is 1. The number of nitrogens with one attached hydrogen (secondary N) is 1. The lowest BCUT2D eigenvalue weighted by molar-refractivity contribution is 0.0162. The van der Waals surface area contributed by atoms with Gasteiger partial charge in [-0.25, -0.2) is 12.8 Å². The maximum Gasteiger partial charge on any atom is 0.251 e. The third-order valence-corrected chi connectivity index (χ3v) is 5.68. The van der Waals surface area contributed by atoms with Crippen LogP contribution >= 0.6 is 0 Å². The Morgan fingerprint density at radius 1 is 1.17 bits per heavy atom. The molecule has 1 amide bonds. The van der Waals surface area contributed by atoms with Gasteiger partial charge in [0.1, 0.15) is 5.82 Å². The van der Waals surface area contributed by atoms with E-state index < -0.39 is 9.84 Å². The van der Waals surface area contributed by atoms with E-state index in [0.717, 1.165) is 5.56 Å². The summed E-state index contributed by atoms with van der Waals surface area (Å²) in [6.45, 7) is 2.94. The van der Waals surface area contributed by atoms with Crippen molar-refractivity contribution in [3.8, 4) is 0 Å². The average molecular weight is 421 g/mol. The molecule has 29 heavy (non-hydrogen) atoms. The molecule has 0 bridgehead atoms. The Morgan fingerprint density at radius 2 is 1.86 bits per heavy atom. The molecule has 1 aliphatic heterocycles. The molecule has 8 heteroatoms. The maximum absolute atomic E-state index is 13.7. The van der Waals surface area contributed by atoms with Crippen LogP contribution in [0.25, 0.3) is 0 Å². The van der Waals surface area contributed by atoms with Crippen molar-refractivity contribution in [2.75, 3.05) is 39.1 Å². The largest absolute Gasteiger partial charge is 0.379 e. The Labute approximate surface area is 170 Å². The van der Waals surface area contributed by atoms with E-state index in [9.17, 15) is 17.6 Å². The highest BCUT2D eigenvalue weighted by Gasteiger charge is 2.23. The molecule has 1 N–H and O–H groups in total. The summed E-state index contributed by atoms with van der Waals surface area (Å²) in [5.41, 5.74) is 1.88. The summed E-state index contributed by atoms with van der Waals surface area (Å²) < 4.78 is 41.9. The Morgan fingerprint density at radius 3 is 2.48 bits per heavy atom. The zero-order valence-corrected chi connectivity index (χ0v) is 17.1. The van der Waals surface area contributed by atoms with Crippen LogP contribution in [-0.4, -0.2) is 58.3 Å². The molecule has 1 heterocycles. The molecule has 1 saturated heterocycles. The molecule has 0 spiro atoms. The smallest absolute Gasteiger partial charge is 0.251 e. The normalized spacial score (nSPS) is 16.3. The van der Waals surface area contributed by atoms with Gasteiger partial charge >= 0.3 is 0 Å². The fourth-order valence-electron chi connectivity index (χ4n) is 3.41. The van der Waals surface area contributed by atoms with Crippen LogP contribution in [0.15, 0.2) is 48.5 Å². The first-order chi connectivity index (χ1) is 13.8. The van der Waals surface area contributed by atoms with Gasteiger partial charge in [-0.2, -0.15) is 0 Å². The van der Waals surface area contributed by atoms with Gasteiger partial charge in [0.2, 0.25) is 0 Å². The van der Waals surface area contributed by atoms with Crippen molar-refractivity contribution in [1.82, 2.24) is 10.2 Å². The first kappa shape index (κ1) is 21.4. The molecule has 0 aromatic heterocycles. The minimum Gasteiger partial charge on any atom is -0.379 e. The molecule has 0 saturated carbocycles. The summed E-state index contributed by atoms with van der Waals surface area (Å²) >= 11 is 0. The van der Waals surface area contributed by atoms with Crippen molar-refractivity contribution >= 4 is 15.7 Å². The summed E-state index contributed by atoms with van der Waals surface area (Å²) in [5.74, 6) is -0.632. The van der Waals surface area contributed by atoms with E-state index in [-0.39, 0.29) is 23.5 Å².